The van der Waals surface area contributed by atoms with Crippen LogP contribution in [0.15, 0.2) is 24.3 Å². The zero-order valence-corrected chi connectivity index (χ0v) is 11.4. The van der Waals surface area contributed by atoms with Crippen LogP contribution in [0.4, 0.5) is 0 Å². The van der Waals surface area contributed by atoms with Crippen LogP contribution >= 0.6 is 0 Å². The Morgan fingerprint density at radius 2 is 2.25 bits per heavy atom. The van der Waals surface area contributed by atoms with Crippen molar-refractivity contribution in [1.82, 2.24) is 26.1 Å². The zero-order valence-electron chi connectivity index (χ0n) is 11.4. The Hall–Kier alpha value is -1.92. The van der Waals surface area contributed by atoms with Gasteiger partial charge in [0, 0.05) is 19.0 Å². The topological polar surface area (TPSA) is 81.8 Å². The van der Waals surface area contributed by atoms with Gasteiger partial charge >= 0.3 is 0 Å². The number of carbonyl (C=O) groups is 1. The average molecular weight is 273 g/mol. The Bertz CT molecular complexity index is 575. The van der Waals surface area contributed by atoms with Gasteiger partial charge in [0.2, 0.25) is 5.91 Å². The third-order valence-corrected chi connectivity index (χ3v) is 3.51. The van der Waals surface area contributed by atoms with Crippen LogP contribution in [0.1, 0.15) is 19.2 Å². The molecule has 0 saturated carbocycles. The lowest BCUT2D eigenvalue weighted by molar-refractivity contribution is -0.122. The monoisotopic (exact) mass is 273 g/mol. The molecule has 1 aliphatic rings. The highest BCUT2D eigenvalue weighted by Crippen LogP contribution is 2.10. The van der Waals surface area contributed by atoms with E-state index in [4.69, 9.17) is 0 Å². The normalized spacial score (nSPS) is 22.2. The number of hydrogen-bond acceptors (Lipinski definition) is 4. The number of H-pyrrole nitrogens is 1. The molecule has 6 nitrogen and oxygen atoms in total. The van der Waals surface area contributed by atoms with Crippen LogP contribution in [-0.2, 0) is 11.2 Å². The summed E-state index contributed by atoms with van der Waals surface area (Å²) in [6, 6.07) is 8.12. The van der Waals surface area contributed by atoms with Crippen LogP contribution in [0, 0.1) is 0 Å². The zero-order chi connectivity index (χ0) is 13.9. The molecule has 6 heteroatoms. The number of nitrogens with one attached hydrogen (secondary N) is 4. The van der Waals surface area contributed by atoms with Crippen LogP contribution in [0.2, 0.25) is 0 Å². The number of hydrazine groups is 1. The predicted octanol–water partition coefficient (Wildman–Crippen LogP) is 0.477. The van der Waals surface area contributed by atoms with E-state index in [0.717, 1.165) is 23.3 Å². The largest absolute Gasteiger partial charge is 0.354 e. The SMILES string of the molecule is CC1CC(C(=O)NCCc2nc3ccccc3[nH]2)NN1. The average Bonchev–Trinajstić information content (AvgIpc) is 3.04. The van der Waals surface area contributed by atoms with Crippen LogP contribution in [0.5, 0.6) is 0 Å². The van der Waals surface area contributed by atoms with E-state index in [1.54, 1.807) is 0 Å². The number of nitrogens with zero attached hydrogens (tertiary/aromatic N) is 1. The lowest BCUT2D eigenvalue weighted by atomic mass is 10.1. The number of rotatable bonds is 4. The lowest BCUT2D eigenvalue weighted by Gasteiger charge is -2.09. The van der Waals surface area contributed by atoms with Crippen molar-refractivity contribution in [3.63, 3.8) is 0 Å². The van der Waals surface area contributed by atoms with Crippen molar-refractivity contribution in [1.29, 1.82) is 0 Å². The van der Waals surface area contributed by atoms with E-state index in [1.165, 1.54) is 0 Å². The van der Waals surface area contributed by atoms with Gasteiger partial charge in [-0.2, -0.15) is 0 Å². The summed E-state index contributed by atoms with van der Waals surface area (Å²) in [5, 5.41) is 2.94. The molecule has 20 heavy (non-hydrogen) atoms. The second kappa shape index (κ2) is 5.60. The first kappa shape index (κ1) is 13.1. The van der Waals surface area contributed by atoms with Gasteiger partial charge in [-0.25, -0.2) is 10.4 Å². The lowest BCUT2D eigenvalue weighted by Crippen LogP contribution is -2.43. The highest BCUT2D eigenvalue weighted by molar-refractivity contribution is 5.82. The van der Waals surface area contributed by atoms with Crippen molar-refractivity contribution in [2.24, 2.45) is 0 Å². The van der Waals surface area contributed by atoms with E-state index in [1.807, 2.05) is 24.3 Å². The van der Waals surface area contributed by atoms with Gasteiger partial charge in [0.05, 0.1) is 11.0 Å². The van der Waals surface area contributed by atoms with E-state index < -0.39 is 0 Å². The fourth-order valence-electron chi connectivity index (χ4n) is 2.44. The Morgan fingerprint density at radius 1 is 1.40 bits per heavy atom. The summed E-state index contributed by atoms with van der Waals surface area (Å²) >= 11 is 0. The number of aromatic nitrogens is 2. The van der Waals surface area contributed by atoms with Crippen LogP contribution in [0.3, 0.4) is 0 Å². The van der Waals surface area contributed by atoms with Gasteiger partial charge in [-0.15, -0.1) is 0 Å². The number of carbonyl (C=O) groups excluding carboxylic acids is 1. The first-order chi connectivity index (χ1) is 9.72. The van der Waals surface area contributed by atoms with Crippen LogP contribution < -0.4 is 16.2 Å². The van der Waals surface area contributed by atoms with Crippen molar-refractivity contribution < 1.29 is 4.79 Å². The number of para-hydroxylation sites is 2. The smallest absolute Gasteiger partial charge is 0.238 e. The standard InChI is InChI=1S/C14H19N5O/c1-9-8-12(19-18-9)14(20)15-7-6-13-16-10-4-2-3-5-11(10)17-13/h2-5,9,12,18-19H,6-8H2,1H3,(H,15,20)(H,16,17). The van der Waals surface area contributed by atoms with E-state index >= 15 is 0 Å². The van der Waals surface area contributed by atoms with E-state index in [-0.39, 0.29) is 11.9 Å². The van der Waals surface area contributed by atoms with Gasteiger partial charge in [-0.3, -0.25) is 10.2 Å². The number of imidazole rings is 1. The quantitative estimate of drug-likeness (QED) is 0.653. The molecule has 1 aliphatic heterocycles. The van der Waals surface area contributed by atoms with E-state index in [9.17, 15) is 4.79 Å². The van der Waals surface area contributed by atoms with Gasteiger partial charge in [0.1, 0.15) is 11.9 Å². The Labute approximate surface area is 117 Å². The Kier molecular flexibility index (Phi) is 3.66. The summed E-state index contributed by atoms with van der Waals surface area (Å²) in [5.41, 5.74) is 8.03. The molecule has 2 aromatic rings. The summed E-state index contributed by atoms with van der Waals surface area (Å²) in [4.78, 5) is 19.6. The molecule has 1 aromatic carbocycles. The van der Waals surface area contributed by atoms with E-state index in [2.05, 4.69) is 33.1 Å². The first-order valence-electron chi connectivity index (χ1n) is 6.95. The molecule has 2 atom stereocenters. The summed E-state index contributed by atoms with van der Waals surface area (Å²) in [6.07, 6.45) is 1.52. The second-order valence-electron chi connectivity index (χ2n) is 5.22. The number of amides is 1. The maximum atomic E-state index is 11.9. The minimum atomic E-state index is -0.138. The van der Waals surface area contributed by atoms with Gasteiger partial charge in [-0.1, -0.05) is 12.1 Å². The van der Waals surface area contributed by atoms with Gasteiger partial charge in [0.25, 0.3) is 0 Å². The molecule has 0 bridgehead atoms. The fourth-order valence-corrected chi connectivity index (χ4v) is 2.44. The summed E-state index contributed by atoms with van der Waals surface area (Å²) in [5.74, 6) is 0.940. The molecule has 1 amide bonds. The van der Waals surface area contributed by atoms with Crippen molar-refractivity contribution in [2.45, 2.75) is 31.8 Å². The molecule has 2 heterocycles. The highest BCUT2D eigenvalue weighted by Gasteiger charge is 2.26. The van der Waals surface area contributed by atoms with Crippen molar-refractivity contribution in [3.05, 3.63) is 30.1 Å². The molecule has 0 spiro atoms. The number of hydrogen-bond donors (Lipinski definition) is 4. The maximum Gasteiger partial charge on any atom is 0.238 e. The maximum absolute atomic E-state index is 11.9. The third kappa shape index (κ3) is 2.81. The van der Waals surface area contributed by atoms with Crippen molar-refractivity contribution >= 4 is 16.9 Å². The highest BCUT2D eigenvalue weighted by atomic mass is 16.2. The van der Waals surface area contributed by atoms with Crippen molar-refractivity contribution in [2.75, 3.05) is 6.54 Å². The Morgan fingerprint density at radius 3 is 3.00 bits per heavy atom. The van der Waals surface area contributed by atoms with Gasteiger partial charge in [-0.05, 0) is 25.5 Å². The fraction of sp³-hybridized carbons (Fsp3) is 0.429. The third-order valence-electron chi connectivity index (χ3n) is 3.51. The number of benzene rings is 1. The molecule has 106 valence electrons. The molecule has 1 fully saturated rings. The minimum absolute atomic E-state index is 0.0398. The molecule has 3 rings (SSSR count). The molecule has 2 unspecified atom stereocenters. The second-order valence-corrected chi connectivity index (χ2v) is 5.22. The predicted molar refractivity (Wildman–Crippen MR) is 76.9 cm³/mol. The van der Waals surface area contributed by atoms with Gasteiger partial charge < -0.3 is 10.3 Å². The van der Waals surface area contributed by atoms with Crippen molar-refractivity contribution in [3.8, 4) is 0 Å². The molecule has 0 radical (unpaired) electrons. The van der Waals surface area contributed by atoms with E-state index in [0.29, 0.717) is 19.0 Å². The molecule has 0 aliphatic carbocycles. The first-order valence-corrected chi connectivity index (χ1v) is 6.95. The molecular weight excluding hydrogens is 254 g/mol. The number of aromatic amines is 1. The van der Waals surface area contributed by atoms with Crippen LogP contribution in [0.25, 0.3) is 11.0 Å². The summed E-state index contributed by atoms with van der Waals surface area (Å²) in [6.45, 7) is 2.64. The summed E-state index contributed by atoms with van der Waals surface area (Å²) in [7, 11) is 0. The van der Waals surface area contributed by atoms with Crippen LogP contribution in [-0.4, -0.2) is 34.5 Å². The number of fused-ring (bicyclic) bond motifs is 1. The Balaban J connectivity index is 1.51. The molecule has 4 N–H and O–H groups in total. The summed E-state index contributed by atoms with van der Waals surface area (Å²) < 4.78 is 0. The molecular formula is C14H19N5O. The minimum Gasteiger partial charge on any atom is -0.354 e. The molecule has 1 aromatic heterocycles. The molecule has 1 saturated heterocycles. The van der Waals surface area contributed by atoms with Gasteiger partial charge in [0.15, 0.2) is 0 Å².